The van der Waals surface area contributed by atoms with Gasteiger partial charge in [-0.2, -0.15) is 0 Å². The first kappa shape index (κ1) is 10.1. The fourth-order valence-corrected chi connectivity index (χ4v) is 1.94. The molecule has 0 unspecified atom stereocenters. The molecule has 3 nitrogen and oxygen atoms in total. The van der Waals surface area contributed by atoms with Crippen molar-refractivity contribution in [1.29, 1.82) is 0 Å². The molecule has 0 bridgehead atoms. The minimum absolute atomic E-state index is 0.107. The predicted molar refractivity (Wildman–Crippen MR) is 67.3 cm³/mol. The fourth-order valence-electron chi connectivity index (χ4n) is 1.94. The van der Waals surface area contributed by atoms with E-state index in [-0.39, 0.29) is 6.10 Å². The summed E-state index contributed by atoms with van der Waals surface area (Å²) in [4.78, 5) is 4.49. The molecule has 0 aliphatic rings. The Morgan fingerprint density at radius 2 is 1.88 bits per heavy atom. The SMILES string of the molecule is CC(C)Oc1nc2ccoc2c2ccccc12. The molecule has 0 saturated carbocycles. The van der Waals surface area contributed by atoms with Crippen LogP contribution in [0.1, 0.15) is 13.8 Å². The minimum Gasteiger partial charge on any atom is -0.474 e. The molecule has 0 amide bonds. The number of hydrogen-bond donors (Lipinski definition) is 0. The Morgan fingerprint density at radius 1 is 1.12 bits per heavy atom. The Bertz CT molecular complexity index is 670. The van der Waals surface area contributed by atoms with Crippen molar-refractivity contribution in [1.82, 2.24) is 4.98 Å². The highest BCUT2D eigenvalue weighted by Gasteiger charge is 2.11. The van der Waals surface area contributed by atoms with Crippen LogP contribution in [0, 0.1) is 0 Å². The zero-order valence-corrected chi connectivity index (χ0v) is 9.81. The Hall–Kier alpha value is -2.03. The van der Waals surface area contributed by atoms with Crippen LogP contribution in [0.4, 0.5) is 0 Å². The lowest BCUT2D eigenvalue weighted by atomic mass is 10.1. The zero-order chi connectivity index (χ0) is 11.8. The van der Waals surface area contributed by atoms with E-state index in [9.17, 15) is 0 Å². The van der Waals surface area contributed by atoms with E-state index < -0.39 is 0 Å². The second kappa shape index (κ2) is 3.77. The van der Waals surface area contributed by atoms with Gasteiger partial charge in [-0.15, -0.1) is 0 Å². The van der Waals surface area contributed by atoms with Gasteiger partial charge in [-0.3, -0.25) is 0 Å². The Balaban J connectivity index is 2.37. The van der Waals surface area contributed by atoms with Crippen LogP contribution in [0.25, 0.3) is 21.9 Å². The van der Waals surface area contributed by atoms with Crippen molar-refractivity contribution >= 4 is 21.9 Å². The number of furan rings is 1. The van der Waals surface area contributed by atoms with Gasteiger partial charge in [0.25, 0.3) is 0 Å². The van der Waals surface area contributed by atoms with E-state index in [4.69, 9.17) is 9.15 Å². The predicted octanol–water partition coefficient (Wildman–Crippen LogP) is 3.77. The molecular formula is C14H13NO2. The molecule has 0 aliphatic heterocycles. The van der Waals surface area contributed by atoms with Crippen molar-refractivity contribution in [3.05, 3.63) is 36.6 Å². The van der Waals surface area contributed by atoms with Crippen LogP contribution in [0.2, 0.25) is 0 Å². The molecule has 2 heterocycles. The van der Waals surface area contributed by atoms with Gasteiger partial charge >= 0.3 is 0 Å². The quantitative estimate of drug-likeness (QED) is 0.668. The zero-order valence-electron chi connectivity index (χ0n) is 9.81. The van der Waals surface area contributed by atoms with Gasteiger partial charge in [-0.1, -0.05) is 18.2 Å². The molecule has 86 valence electrons. The normalized spacial score (nSPS) is 11.5. The first-order valence-corrected chi connectivity index (χ1v) is 5.68. The monoisotopic (exact) mass is 227 g/mol. The molecule has 2 aromatic heterocycles. The Labute approximate surface area is 99.0 Å². The van der Waals surface area contributed by atoms with E-state index >= 15 is 0 Å². The van der Waals surface area contributed by atoms with Gasteiger partial charge < -0.3 is 9.15 Å². The van der Waals surface area contributed by atoms with Gasteiger partial charge in [0.05, 0.1) is 12.4 Å². The number of ether oxygens (including phenoxy) is 1. The standard InChI is InChI=1S/C14H13NO2/c1-9(2)17-14-11-6-4-3-5-10(11)13-12(15-14)7-8-16-13/h3-9H,1-2H3. The van der Waals surface area contributed by atoms with E-state index in [1.165, 1.54) is 0 Å². The van der Waals surface area contributed by atoms with Gasteiger partial charge in [0.1, 0.15) is 5.52 Å². The number of nitrogens with zero attached hydrogens (tertiary/aromatic N) is 1. The highest BCUT2D eigenvalue weighted by atomic mass is 16.5. The van der Waals surface area contributed by atoms with Crippen LogP contribution in [0.15, 0.2) is 41.0 Å². The highest BCUT2D eigenvalue weighted by Crippen LogP contribution is 2.31. The maximum atomic E-state index is 5.75. The number of pyridine rings is 1. The fraction of sp³-hybridized carbons (Fsp3) is 0.214. The van der Waals surface area contributed by atoms with Crippen molar-refractivity contribution in [3.63, 3.8) is 0 Å². The van der Waals surface area contributed by atoms with Crippen LogP contribution in [0.3, 0.4) is 0 Å². The topological polar surface area (TPSA) is 35.3 Å². The largest absolute Gasteiger partial charge is 0.474 e. The third kappa shape index (κ3) is 1.64. The van der Waals surface area contributed by atoms with Crippen LogP contribution in [-0.2, 0) is 0 Å². The van der Waals surface area contributed by atoms with Crippen molar-refractivity contribution in [3.8, 4) is 5.88 Å². The molecule has 0 N–H and O–H groups in total. The van der Waals surface area contributed by atoms with E-state index in [0.717, 1.165) is 21.9 Å². The average Bonchev–Trinajstić information content (AvgIpc) is 2.77. The lowest BCUT2D eigenvalue weighted by Gasteiger charge is -2.11. The third-order valence-electron chi connectivity index (χ3n) is 2.62. The molecule has 3 heteroatoms. The van der Waals surface area contributed by atoms with Gasteiger partial charge in [-0.25, -0.2) is 4.98 Å². The smallest absolute Gasteiger partial charge is 0.222 e. The molecule has 3 rings (SSSR count). The van der Waals surface area contributed by atoms with Gasteiger partial charge in [-0.05, 0) is 19.9 Å². The second-order valence-corrected chi connectivity index (χ2v) is 4.26. The van der Waals surface area contributed by atoms with Gasteiger partial charge in [0, 0.05) is 16.8 Å². The van der Waals surface area contributed by atoms with Crippen molar-refractivity contribution in [2.24, 2.45) is 0 Å². The molecule has 0 atom stereocenters. The summed E-state index contributed by atoms with van der Waals surface area (Å²) in [7, 11) is 0. The summed E-state index contributed by atoms with van der Waals surface area (Å²) < 4.78 is 11.2. The summed E-state index contributed by atoms with van der Waals surface area (Å²) in [6, 6.07) is 9.85. The third-order valence-corrected chi connectivity index (χ3v) is 2.62. The molecule has 17 heavy (non-hydrogen) atoms. The second-order valence-electron chi connectivity index (χ2n) is 4.26. The van der Waals surface area contributed by atoms with E-state index in [2.05, 4.69) is 4.98 Å². The first-order valence-electron chi connectivity index (χ1n) is 5.68. The minimum atomic E-state index is 0.107. The molecular weight excluding hydrogens is 214 g/mol. The first-order chi connectivity index (χ1) is 8.25. The number of fused-ring (bicyclic) bond motifs is 3. The van der Waals surface area contributed by atoms with E-state index in [1.807, 2.05) is 44.2 Å². The number of benzene rings is 1. The summed E-state index contributed by atoms with van der Waals surface area (Å²) in [5.74, 6) is 0.671. The van der Waals surface area contributed by atoms with E-state index in [1.54, 1.807) is 6.26 Å². The summed E-state index contributed by atoms with van der Waals surface area (Å²) in [5, 5.41) is 2.03. The summed E-state index contributed by atoms with van der Waals surface area (Å²) in [5.41, 5.74) is 1.65. The number of hydrogen-bond acceptors (Lipinski definition) is 3. The average molecular weight is 227 g/mol. The molecule has 0 radical (unpaired) electrons. The molecule has 0 saturated heterocycles. The van der Waals surface area contributed by atoms with Crippen LogP contribution < -0.4 is 4.74 Å². The molecule has 0 aliphatic carbocycles. The van der Waals surface area contributed by atoms with Crippen LogP contribution >= 0.6 is 0 Å². The molecule has 1 aromatic carbocycles. The maximum absolute atomic E-state index is 5.75. The molecule has 3 aromatic rings. The van der Waals surface area contributed by atoms with Gasteiger partial charge in [0.2, 0.25) is 5.88 Å². The van der Waals surface area contributed by atoms with E-state index in [0.29, 0.717) is 5.88 Å². The Kier molecular flexibility index (Phi) is 2.25. The number of aromatic nitrogens is 1. The summed E-state index contributed by atoms with van der Waals surface area (Å²) in [6.07, 6.45) is 1.76. The van der Waals surface area contributed by atoms with Gasteiger partial charge in [0.15, 0.2) is 5.58 Å². The van der Waals surface area contributed by atoms with Crippen molar-refractivity contribution < 1.29 is 9.15 Å². The molecule has 0 fully saturated rings. The van der Waals surface area contributed by atoms with Crippen LogP contribution in [-0.4, -0.2) is 11.1 Å². The summed E-state index contributed by atoms with van der Waals surface area (Å²) >= 11 is 0. The highest BCUT2D eigenvalue weighted by molar-refractivity contribution is 6.04. The van der Waals surface area contributed by atoms with Crippen LogP contribution in [0.5, 0.6) is 5.88 Å². The van der Waals surface area contributed by atoms with Crippen molar-refractivity contribution in [2.45, 2.75) is 20.0 Å². The number of rotatable bonds is 2. The van der Waals surface area contributed by atoms with Crippen molar-refractivity contribution in [2.75, 3.05) is 0 Å². The lowest BCUT2D eigenvalue weighted by molar-refractivity contribution is 0.237. The lowest BCUT2D eigenvalue weighted by Crippen LogP contribution is -2.07. The molecule has 0 spiro atoms. The Morgan fingerprint density at radius 3 is 2.65 bits per heavy atom. The summed E-state index contributed by atoms with van der Waals surface area (Å²) in [6.45, 7) is 3.99. The maximum Gasteiger partial charge on any atom is 0.222 e.